The zero-order chi connectivity index (χ0) is 17.4. The van der Waals surface area contributed by atoms with Crippen molar-refractivity contribution in [3.05, 3.63) is 52.8 Å². The smallest absolute Gasteiger partial charge is 0.259 e. The zero-order valence-corrected chi connectivity index (χ0v) is 15.3. The van der Waals surface area contributed by atoms with E-state index in [2.05, 4.69) is 20.9 Å². The van der Waals surface area contributed by atoms with Crippen LogP contribution < -0.4 is 9.80 Å². The fourth-order valence-corrected chi connectivity index (χ4v) is 3.59. The lowest BCUT2D eigenvalue weighted by atomic mass is 10.2. The van der Waals surface area contributed by atoms with Crippen LogP contribution in [-0.2, 0) is 4.79 Å². The minimum Gasteiger partial charge on any atom is -0.310 e. The number of rotatable bonds is 2. The van der Waals surface area contributed by atoms with Crippen LogP contribution in [0.4, 0.5) is 11.4 Å². The SMILES string of the molecule is O=C(c1cncc(Br)c1)N1CCCN(C(=O)C2CC2)c2ccccc21. The maximum Gasteiger partial charge on any atom is 0.259 e. The molecule has 2 amide bonds. The van der Waals surface area contributed by atoms with Gasteiger partial charge in [-0.2, -0.15) is 0 Å². The molecule has 1 fully saturated rings. The number of carbonyl (C=O) groups excluding carboxylic acids is 2. The van der Waals surface area contributed by atoms with E-state index in [9.17, 15) is 9.59 Å². The molecule has 0 radical (unpaired) electrons. The number of pyridine rings is 1. The quantitative estimate of drug-likeness (QED) is 0.774. The summed E-state index contributed by atoms with van der Waals surface area (Å²) >= 11 is 3.37. The molecule has 6 heteroatoms. The number of anilines is 2. The molecule has 0 N–H and O–H groups in total. The fraction of sp³-hybridized carbons (Fsp3) is 0.316. The van der Waals surface area contributed by atoms with Crippen LogP contribution in [0.15, 0.2) is 47.2 Å². The van der Waals surface area contributed by atoms with Gasteiger partial charge in [0.1, 0.15) is 0 Å². The Balaban J connectivity index is 1.72. The standard InChI is InChI=1S/C19H18BrN3O2/c20-15-10-14(11-21-12-15)19(25)23-9-3-8-22(18(24)13-6-7-13)16-4-1-2-5-17(16)23/h1-2,4-5,10-13H,3,6-9H2. The van der Waals surface area contributed by atoms with Crippen molar-refractivity contribution in [1.29, 1.82) is 0 Å². The van der Waals surface area contributed by atoms with Crippen LogP contribution in [0.1, 0.15) is 29.6 Å². The predicted octanol–water partition coefficient (Wildman–Crippen LogP) is 3.64. The number of fused-ring (bicyclic) bond motifs is 1. The Hall–Kier alpha value is -2.21. The first-order chi connectivity index (χ1) is 12.1. The third kappa shape index (κ3) is 3.18. The summed E-state index contributed by atoms with van der Waals surface area (Å²) in [5, 5.41) is 0. The third-order valence-electron chi connectivity index (χ3n) is 4.62. The van der Waals surface area contributed by atoms with E-state index in [1.165, 1.54) is 0 Å². The minimum atomic E-state index is -0.0954. The maximum atomic E-state index is 13.1. The van der Waals surface area contributed by atoms with Gasteiger partial charge >= 0.3 is 0 Å². The Kier molecular flexibility index (Phi) is 4.29. The highest BCUT2D eigenvalue weighted by atomic mass is 79.9. The molecule has 1 saturated carbocycles. The molecule has 0 unspecified atom stereocenters. The van der Waals surface area contributed by atoms with Gasteiger partial charge in [0.2, 0.25) is 5.91 Å². The molecule has 1 aliphatic heterocycles. The number of hydrogen-bond donors (Lipinski definition) is 0. The van der Waals surface area contributed by atoms with Crippen molar-refractivity contribution < 1.29 is 9.59 Å². The summed E-state index contributed by atoms with van der Waals surface area (Å²) in [6.07, 6.45) is 5.94. The number of halogens is 1. The first kappa shape index (κ1) is 16.3. The molecular weight excluding hydrogens is 382 g/mol. The zero-order valence-electron chi connectivity index (χ0n) is 13.7. The predicted molar refractivity (Wildman–Crippen MR) is 99.7 cm³/mol. The topological polar surface area (TPSA) is 53.5 Å². The molecule has 2 aliphatic rings. The number of carbonyl (C=O) groups is 2. The molecule has 5 nitrogen and oxygen atoms in total. The van der Waals surface area contributed by atoms with Crippen LogP contribution in [0.5, 0.6) is 0 Å². The molecular formula is C19H18BrN3O2. The Morgan fingerprint density at radius 1 is 1.04 bits per heavy atom. The van der Waals surface area contributed by atoms with E-state index in [0.717, 1.165) is 35.1 Å². The lowest BCUT2D eigenvalue weighted by Crippen LogP contribution is -2.32. The number of aromatic nitrogens is 1. The summed E-state index contributed by atoms with van der Waals surface area (Å²) in [7, 11) is 0. The van der Waals surface area contributed by atoms with Gasteiger partial charge in [-0.3, -0.25) is 14.6 Å². The van der Waals surface area contributed by atoms with Gasteiger partial charge in [-0.1, -0.05) is 12.1 Å². The van der Waals surface area contributed by atoms with E-state index in [1.807, 2.05) is 29.2 Å². The molecule has 0 spiro atoms. The Bertz CT molecular complexity index is 835. The van der Waals surface area contributed by atoms with Gasteiger partial charge < -0.3 is 9.80 Å². The van der Waals surface area contributed by atoms with Crippen LogP contribution in [-0.4, -0.2) is 29.9 Å². The van der Waals surface area contributed by atoms with E-state index in [4.69, 9.17) is 0 Å². The van der Waals surface area contributed by atoms with Crippen LogP contribution in [0.2, 0.25) is 0 Å². The normalized spacial score (nSPS) is 17.0. The molecule has 2 heterocycles. The fourth-order valence-electron chi connectivity index (χ4n) is 3.22. The summed E-state index contributed by atoms with van der Waals surface area (Å²) in [6, 6.07) is 9.44. The molecule has 0 atom stereocenters. The van der Waals surface area contributed by atoms with Gasteiger partial charge in [-0.25, -0.2) is 0 Å². The highest BCUT2D eigenvalue weighted by Gasteiger charge is 2.36. The summed E-state index contributed by atoms with van der Waals surface area (Å²) in [5.74, 6) is 0.248. The van der Waals surface area contributed by atoms with Gasteiger partial charge in [0.15, 0.2) is 0 Å². The number of amides is 2. The number of nitrogens with zero attached hydrogens (tertiary/aromatic N) is 3. The van der Waals surface area contributed by atoms with Crippen molar-refractivity contribution in [1.82, 2.24) is 4.98 Å². The second-order valence-corrected chi connectivity index (χ2v) is 7.37. The van der Waals surface area contributed by atoms with E-state index >= 15 is 0 Å². The van der Waals surface area contributed by atoms with Crippen molar-refractivity contribution in [2.24, 2.45) is 5.92 Å². The molecule has 1 aliphatic carbocycles. The molecule has 2 aromatic rings. The van der Waals surface area contributed by atoms with E-state index in [1.54, 1.807) is 23.4 Å². The monoisotopic (exact) mass is 399 g/mol. The Morgan fingerprint density at radius 3 is 2.40 bits per heavy atom. The van der Waals surface area contributed by atoms with Gasteiger partial charge in [-0.15, -0.1) is 0 Å². The van der Waals surface area contributed by atoms with Crippen molar-refractivity contribution in [2.75, 3.05) is 22.9 Å². The minimum absolute atomic E-state index is 0.0954. The van der Waals surface area contributed by atoms with Crippen molar-refractivity contribution in [3.8, 4) is 0 Å². The molecule has 4 rings (SSSR count). The first-order valence-electron chi connectivity index (χ1n) is 8.48. The largest absolute Gasteiger partial charge is 0.310 e. The maximum absolute atomic E-state index is 13.1. The van der Waals surface area contributed by atoms with Crippen molar-refractivity contribution in [2.45, 2.75) is 19.3 Å². The van der Waals surface area contributed by atoms with E-state index in [0.29, 0.717) is 18.7 Å². The summed E-state index contributed by atoms with van der Waals surface area (Å²) in [4.78, 5) is 33.4. The van der Waals surface area contributed by atoms with Crippen molar-refractivity contribution in [3.63, 3.8) is 0 Å². The van der Waals surface area contributed by atoms with Crippen LogP contribution in [0.3, 0.4) is 0 Å². The summed E-state index contributed by atoms with van der Waals surface area (Å²) in [5.41, 5.74) is 2.15. The first-order valence-corrected chi connectivity index (χ1v) is 9.27. The summed E-state index contributed by atoms with van der Waals surface area (Å²) in [6.45, 7) is 1.23. The van der Waals surface area contributed by atoms with E-state index in [-0.39, 0.29) is 17.7 Å². The lowest BCUT2D eigenvalue weighted by molar-refractivity contribution is -0.119. The molecule has 1 aromatic heterocycles. The Labute approximate surface area is 154 Å². The van der Waals surface area contributed by atoms with E-state index < -0.39 is 0 Å². The second kappa shape index (κ2) is 6.59. The third-order valence-corrected chi connectivity index (χ3v) is 5.05. The van der Waals surface area contributed by atoms with Gasteiger partial charge in [0.25, 0.3) is 5.91 Å². The van der Waals surface area contributed by atoms with Gasteiger partial charge in [0, 0.05) is 35.9 Å². The van der Waals surface area contributed by atoms with Crippen molar-refractivity contribution >= 4 is 39.1 Å². The van der Waals surface area contributed by atoms with Gasteiger partial charge in [-0.05, 0) is 53.4 Å². The van der Waals surface area contributed by atoms with Crippen LogP contribution >= 0.6 is 15.9 Å². The number of para-hydroxylation sites is 2. The van der Waals surface area contributed by atoms with Crippen LogP contribution in [0.25, 0.3) is 0 Å². The molecule has 128 valence electrons. The molecule has 25 heavy (non-hydrogen) atoms. The average molecular weight is 400 g/mol. The average Bonchev–Trinajstić information content (AvgIpc) is 3.47. The van der Waals surface area contributed by atoms with Gasteiger partial charge in [0.05, 0.1) is 16.9 Å². The molecule has 0 saturated heterocycles. The second-order valence-electron chi connectivity index (χ2n) is 6.46. The molecule has 0 bridgehead atoms. The summed E-state index contributed by atoms with van der Waals surface area (Å²) < 4.78 is 0.770. The Morgan fingerprint density at radius 2 is 1.72 bits per heavy atom. The molecule has 1 aromatic carbocycles. The highest BCUT2D eigenvalue weighted by Crippen LogP contribution is 2.38. The highest BCUT2D eigenvalue weighted by molar-refractivity contribution is 9.10. The van der Waals surface area contributed by atoms with Crippen LogP contribution in [0, 0.1) is 5.92 Å². The number of benzene rings is 1. The lowest BCUT2D eigenvalue weighted by Gasteiger charge is -2.25. The number of hydrogen-bond acceptors (Lipinski definition) is 3.